The molecule has 1 heterocycles. The summed E-state index contributed by atoms with van der Waals surface area (Å²) < 4.78 is 21.6. The Labute approximate surface area is 128 Å². The molecule has 0 bridgehead atoms. The summed E-state index contributed by atoms with van der Waals surface area (Å²) in [6.45, 7) is 8.04. The lowest BCUT2D eigenvalue weighted by atomic mass is 10.1. The highest BCUT2D eigenvalue weighted by molar-refractivity contribution is 4.72. The maximum atomic E-state index is 5.80. The lowest BCUT2D eigenvalue weighted by Crippen LogP contribution is -2.39. The lowest BCUT2D eigenvalue weighted by molar-refractivity contribution is -0.00610. The summed E-state index contributed by atoms with van der Waals surface area (Å²) in [5.41, 5.74) is 5.46. The van der Waals surface area contributed by atoms with Crippen LogP contribution in [0.15, 0.2) is 0 Å². The summed E-state index contributed by atoms with van der Waals surface area (Å²) in [5.74, 6) is 0. The standard InChI is InChI=1S/C15H32N2O4/c1-18-11-12-20-14-13-19-10-8-17-6-3-15(4-7-17)21-9-2-5-16/h15H,2-14,16H2,1H3. The predicted molar refractivity (Wildman–Crippen MR) is 82.6 cm³/mol. The molecule has 0 amide bonds. The van der Waals surface area contributed by atoms with Crippen LogP contribution in [0.1, 0.15) is 19.3 Å². The van der Waals surface area contributed by atoms with E-state index in [0.29, 0.717) is 39.1 Å². The molecular formula is C15H32N2O4. The van der Waals surface area contributed by atoms with Crippen LogP contribution in [0.5, 0.6) is 0 Å². The number of nitrogens with zero attached hydrogens (tertiary/aromatic N) is 1. The van der Waals surface area contributed by atoms with Gasteiger partial charge < -0.3 is 29.6 Å². The van der Waals surface area contributed by atoms with Crippen molar-refractivity contribution in [3.8, 4) is 0 Å². The van der Waals surface area contributed by atoms with Crippen LogP contribution in [0.4, 0.5) is 0 Å². The van der Waals surface area contributed by atoms with E-state index in [2.05, 4.69) is 4.90 Å². The van der Waals surface area contributed by atoms with Crippen molar-refractivity contribution in [3.05, 3.63) is 0 Å². The zero-order chi connectivity index (χ0) is 15.2. The Bertz CT molecular complexity index is 224. The molecule has 1 saturated heterocycles. The average Bonchev–Trinajstić information content (AvgIpc) is 2.52. The molecule has 0 saturated carbocycles. The van der Waals surface area contributed by atoms with E-state index in [1.54, 1.807) is 7.11 Å². The highest BCUT2D eigenvalue weighted by Gasteiger charge is 2.18. The summed E-state index contributed by atoms with van der Waals surface area (Å²) in [6.07, 6.45) is 3.61. The van der Waals surface area contributed by atoms with E-state index in [0.717, 1.165) is 52.1 Å². The Balaban J connectivity index is 1.87. The molecule has 0 aromatic rings. The predicted octanol–water partition coefficient (Wildman–Crippen LogP) is 0.496. The largest absolute Gasteiger partial charge is 0.382 e. The minimum atomic E-state index is 0.419. The van der Waals surface area contributed by atoms with Gasteiger partial charge in [0.2, 0.25) is 0 Å². The van der Waals surface area contributed by atoms with Crippen molar-refractivity contribution in [1.29, 1.82) is 0 Å². The average molecular weight is 304 g/mol. The molecule has 1 fully saturated rings. The van der Waals surface area contributed by atoms with Crippen molar-refractivity contribution < 1.29 is 18.9 Å². The van der Waals surface area contributed by atoms with Gasteiger partial charge in [-0.25, -0.2) is 0 Å². The van der Waals surface area contributed by atoms with Crippen LogP contribution in [-0.4, -0.2) is 83.9 Å². The van der Waals surface area contributed by atoms with E-state index in [1.807, 2.05) is 0 Å². The molecule has 0 aromatic heterocycles. The van der Waals surface area contributed by atoms with Crippen molar-refractivity contribution in [2.24, 2.45) is 5.73 Å². The Morgan fingerprint density at radius 2 is 1.62 bits per heavy atom. The fourth-order valence-electron chi connectivity index (χ4n) is 2.29. The van der Waals surface area contributed by atoms with Crippen molar-refractivity contribution in [2.75, 3.05) is 72.9 Å². The number of hydrogen-bond donors (Lipinski definition) is 1. The second kappa shape index (κ2) is 13.4. The molecule has 1 aliphatic rings. The maximum absolute atomic E-state index is 5.80. The topological polar surface area (TPSA) is 66.2 Å². The molecule has 6 heteroatoms. The molecule has 1 rings (SSSR count). The quantitative estimate of drug-likeness (QED) is 0.500. The normalized spacial score (nSPS) is 17.4. The Hall–Kier alpha value is -0.240. The van der Waals surface area contributed by atoms with Crippen LogP contribution in [0.3, 0.4) is 0 Å². The minimum Gasteiger partial charge on any atom is -0.382 e. The molecule has 2 N–H and O–H groups in total. The summed E-state index contributed by atoms with van der Waals surface area (Å²) in [7, 11) is 1.67. The van der Waals surface area contributed by atoms with Crippen LogP contribution in [0.2, 0.25) is 0 Å². The Morgan fingerprint density at radius 1 is 0.952 bits per heavy atom. The molecule has 0 radical (unpaired) electrons. The van der Waals surface area contributed by atoms with Gasteiger partial charge in [0, 0.05) is 33.4 Å². The highest BCUT2D eigenvalue weighted by Crippen LogP contribution is 2.13. The third-order valence-corrected chi connectivity index (χ3v) is 3.59. The molecule has 6 nitrogen and oxygen atoms in total. The molecule has 0 atom stereocenters. The lowest BCUT2D eigenvalue weighted by Gasteiger charge is -2.31. The number of hydrogen-bond acceptors (Lipinski definition) is 6. The number of methoxy groups -OCH3 is 1. The first-order valence-corrected chi connectivity index (χ1v) is 8.05. The first kappa shape index (κ1) is 18.8. The van der Waals surface area contributed by atoms with E-state index in [-0.39, 0.29) is 0 Å². The Kier molecular flexibility index (Phi) is 12.0. The number of likely N-dealkylation sites (tertiary alicyclic amines) is 1. The molecule has 21 heavy (non-hydrogen) atoms. The summed E-state index contributed by atoms with van der Waals surface area (Å²) in [4.78, 5) is 2.44. The zero-order valence-corrected chi connectivity index (χ0v) is 13.4. The molecule has 126 valence electrons. The van der Waals surface area contributed by atoms with E-state index in [4.69, 9.17) is 24.7 Å². The summed E-state index contributed by atoms with van der Waals surface area (Å²) >= 11 is 0. The van der Waals surface area contributed by atoms with Gasteiger partial charge in [0.1, 0.15) is 0 Å². The van der Waals surface area contributed by atoms with E-state index in [1.165, 1.54) is 0 Å². The van der Waals surface area contributed by atoms with Crippen molar-refractivity contribution >= 4 is 0 Å². The monoisotopic (exact) mass is 304 g/mol. The van der Waals surface area contributed by atoms with Gasteiger partial charge in [-0.1, -0.05) is 0 Å². The van der Waals surface area contributed by atoms with Crippen LogP contribution >= 0.6 is 0 Å². The molecule has 0 aromatic carbocycles. The third kappa shape index (κ3) is 10.2. The summed E-state index contributed by atoms with van der Waals surface area (Å²) in [6, 6.07) is 0. The van der Waals surface area contributed by atoms with Crippen LogP contribution < -0.4 is 5.73 Å². The SMILES string of the molecule is COCCOCCOCCN1CCC(OCCCN)CC1. The van der Waals surface area contributed by atoms with E-state index < -0.39 is 0 Å². The first-order chi connectivity index (χ1) is 10.4. The van der Waals surface area contributed by atoms with Gasteiger partial charge in [0.05, 0.1) is 39.1 Å². The summed E-state index contributed by atoms with van der Waals surface area (Å²) in [5, 5.41) is 0. The van der Waals surface area contributed by atoms with Gasteiger partial charge in [-0.3, -0.25) is 0 Å². The van der Waals surface area contributed by atoms with Gasteiger partial charge in [-0.2, -0.15) is 0 Å². The first-order valence-electron chi connectivity index (χ1n) is 8.05. The van der Waals surface area contributed by atoms with Gasteiger partial charge in [-0.15, -0.1) is 0 Å². The fraction of sp³-hybridized carbons (Fsp3) is 1.00. The smallest absolute Gasteiger partial charge is 0.0701 e. The Morgan fingerprint density at radius 3 is 2.29 bits per heavy atom. The number of piperidine rings is 1. The number of nitrogens with two attached hydrogens (primary N) is 1. The van der Waals surface area contributed by atoms with E-state index in [9.17, 15) is 0 Å². The highest BCUT2D eigenvalue weighted by atomic mass is 16.5. The van der Waals surface area contributed by atoms with Crippen molar-refractivity contribution in [2.45, 2.75) is 25.4 Å². The van der Waals surface area contributed by atoms with Crippen LogP contribution in [-0.2, 0) is 18.9 Å². The molecule has 0 spiro atoms. The van der Waals surface area contributed by atoms with Crippen LogP contribution in [0, 0.1) is 0 Å². The van der Waals surface area contributed by atoms with Crippen molar-refractivity contribution in [3.63, 3.8) is 0 Å². The van der Waals surface area contributed by atoms with Gasteiger partial charge in [-0.05, 0) is 25.8 Å². The molecular weight excluding hydrogens is 272 g/mol. The number of rotatable bonds is 13. The van der Waals surface area contributed by atoms with Gasteiger partial charge in [0.25, 0.3) is 0 Å². The molecule has 0 unspecified atom stereocenters. The number of ether oxygens (including phenoxy) is 4. The maximum Gasteiger partial charge on any atom is 0.0701 e. The zero-order valence-electron chi connectivity index (χ0n) is 13.4. The second-order valence-corrected chi connectivity index (χ2v) is 5.27. The fourth-order valence-corrected chi connectivity index (χ4v) is 2.29. The van der Waals surface area contributed by atoms with E-state index >= 15 is 0 Å². The van der Waals surface area contributed by atoms with Gasteiger partial charge in [0.15, 0.2) is 0 Å². The third-order valence-electron chi connectivity index (χ3n) is 3.59. The minimum absolute atomic E-state index is 0.419. The van der Waals surface area contributed by atoms with Crippen LogP contribution in [0.25, 0.3) is 0 Å². The molecule has 0 aliphatic carbocycles. The second-order valence-electron chi connectivity index (χ2n) is 5.27. The van der Waals surface area contributed by atoms with Gasteiger partial charge >= 0.3 is 0 Å². The molecule has 1 aliphatic heterocycles. The van der Waals surface area contributed by atoms with Crippen molar-refractivity contribution in [1.82, 2.24) is 4.90 Å².